The molecule has 1 unspecified atom stereocenters. The van der Waals surface area contributed by atoms with Gasteiger partial charge in [-0.3, -0.25) is 9.48 Å². The summed E-state index contributed by atoms with van der Waals surface area (Å²) >= 11 is 0. The minimum atomic E-state index is -3.85. The van der Waals surface area contributed by atoms with Gasteiger partial charge in [-0.05, 0) is 19.8 Å². The van der Waals surface area contributed by atoms with Crippen molar-refractivity contribution in [1.82, 2.24) is 19.4 Å². The number of sulfonamides is 1. The van der Waals surface area contributed by atoms with E-state index in [0.717, 1.165) is 0 Å². The van der Waals surface area contributed by atoms with Gasteiger partial charge >= 0.3 is 0 Å². The van der Waals surface area contributed by atoms with E-state index in [2.05, 4.69) is 10.4 Å². The van der Waals surface area contributed by atoms with Crippen LogP contribution in [0.1, 0.15) is 18.4 Å². The van der Waals surface area contributed by atoms with E-state index in [4.69, 9.17) is 4.74 Å². The lowest BCUT2D eigenvalue weighted by atomic mass is 9.97. The van der Waals surface area contributed by atoms with Gasteiger partial charge in [-0.25, -0.2) is 8.42 Å². The lowest BCUT2D eigenvalue weighted by Gasteiger charge is -2.35. The number of aryl methyl sites for hydroxylation is 2. The van der Waals surface area contributed by atoms with Crippen molar-refractivity contribution in [1.29, 1.82) is 0 Å². The van der Waals surface area contributed by atoms with Gasteiger partial charge in [-0.1, -0.05) is 0 Å². The Balaban J connectivity index is 2.56. The van der Waals surface area contributed by atoms with Gasteiger partial charge in [0.15, 0.2) is 5.03 Å². The predicted octanol–water partition coefficient (Wildman–Crippen LogP) is -0.356. The summed E-state index contributed by atoms with van der Waals surface area (Å²) in [6, 6.07) is 0. The van der Waals surface area contributed by atoms with Gasteiger partial charge in [-0.2, -0.15) is 9.40 Å². The summed E-state index contributed by atoms with van der Waals surface area (Å²) in [6.45, 7) is 1.99. The van der Waals surface area contributed by atoms with Crippen LogP contribution in [0.4, 0.5) is 0 Å². The molecule has 0 aliphatic carbocycles. The summed E-state index contributed by atoms with van der Waals surface area (Å²) in [5.41, 5.74) is -0.656. The molecule has 1 aromatic heterocycles. The number of hydrogen-bond donors (Lipinski definition) is 1. The van der Waals surface area contributed by atoms with E-state index in [9.17, 15) is 13.2 Å². The number of carbonyl (C=O) groups excluding carboxylic acids is 1. The van der Waals surface area contributed by atoms with Gasteiger partial charge in [-0.15, -0.1) is 0 Å². The zero-order valence-electron chi connectivity index (χ0n) is 13.3. The maximum Gasteiger partial charge on any atom is 0.261 e. The van der Waals surface area contributed by atoms with Gasteiger partial charge in [0.1, 0.15) is 5.54 Å². The largest absolute Gasteiger partial charge is 0.382 e. The highest BCUT2D eigenvalue weighted by atomic mass is 32.2. The van der Waals surface area contributed by atoms with E-state index in [1.165, 1.54) is 29.3 Å². The number of hydrogen-bond acceptors (Lipinski definition) is 5. The van der Waals surface area contributed by atoms with Gasteiger partial charge in [0.2, 0.25) is 5.91 Å². The first kappa shape index (κ1) is 16.9. The van der Waals surface area contributed by atoms with Crippen LogP contribution in [0.15, 0.2) is 11.2 Å². The van der Waals surface area contributed by atoms with Crippen LogP contribution < -0.4 is 5.32 Å². The fourth-order valence-corrected chi connectivity index (χ4v) is 5.23. The molecule has 8 nitrogen and oxygen atoms in total. The molecule has 1 atom stereocenters. The van der Waals surface area contributed by atoms with E-state index in [-0.39, 0.29) is 24.1 Å². The van der Waals surface area contributed by atoms with Crippen LogP contribution in [-0.2, 0) is 26.6 Å². The van der Waals surface area contributed by atoms with Gasteiger partial charge < -0.3 is 10.1 Å². The minimum Gasteiger partial charge on any atom is -0.382 e. The zero-order valence-corrected chi connectivity index (χ0v) is 14.1. The van der Waals surface area contributed by atoms with Crippen LogP contribution in [0.2, 0.25) is 0 Å². The van der Waals surface area contributed by atoms with Crippen molar-refractivity contribution in [3.63, 3.8) is 0 Å². The molecule has 2 rings (SSSR count). The fourth-order valence-electron chi connectivity index (χ4n) is 3.12. The third kappa shape index (κ3) is 2.42. The highest BCUT2D eigenvalue weighted by molar-refractivity contribution is 7.89. The zero-order chi connectivity index (χ0) is 16.5. The SMILES string of the molecule is CNC(=O)C1(COC)CCCN1S(=O)(=O)c1c(C)cnn1C. The number of amides is 1. The quantitative estimate of drug-likeness (QED) is 0.796. The Bertz CT molecular complexity index is 650. The van der Waals surface area contributed by atoms with Crippen LogP contribution in [0, 0.1) is 6.92 Å². The summed E-state index contributed by atoms with van der Waals surface area (Å²) < 4.78 is 33.9. The maximum atomic E-state index is 13.1. The first-order chi connectivity index (χ1) is 10.3. The highest BCUT2D eigenvalue weighted by Crippen LogP contribution is 2.36. The lowest BCUT2D eigenvalue weighted by molar-refractivity contribution is -0.131. The number of rotatable bonds is 5. The Morgan fingerprint density at radius 2 is 2.23 bits per heavy atom. The van der Waals surface area contributed by atoms with E-state index in [1.807, 2.05) is 0 Å². The molecule has 1 aliphatic heterocycles. The monoisotopic (exact) mass is 330 g/mol. The maximum absolute atomic E-state index is 13.1. The second-order valence-corrected chi connectivity index (χ2v) is 7.26. The van der Waals surface area contributed by atoms with Crippen LogP contribution >= 0.6 is 0 Å². The molecule has 0 spiro atoms. The lowest BCUT2D eigenvalue weighted by Crippen LogP contribution is -2.59. The third-order valence-electron chi connectivity index (χ3n) is 4.05. The minimum absolute atomic E-state index is 0.0167. The number of nitrogens with zero attached hydrogens (tertiary/aromatic N) is 3. The molecular formula is C13H22N4O4S. The molecule has 1 aromatic rings. The van der Waals surface area contributed by atoms with Gasteiger partial charge in [0, 0.05) is 33.3 Å². The van der Waals surface area contributed by atoms with E-state index in [0.29, 0.717) is 18.4 Å². The molecule has 1 aliphatic rings. The third-order valence-corrected chi connectivity index (χ3v) is 6.24. The Kier molecular flexibility index (Phi) is 4.59. The number of methoxy groups -OCH3 is 1. The highest BCUT2D eigenvalue weighted by Gasteiger charge is 2.53. The second-order valence-electron chi connectivity index (χ2n) is 5.48. The van der Waals surface area contributed by atoms with Crippen molar-refractivity contribution < 1.29 is 17.9 Å². The first-order valence-corrected chi connectivity index (χ1v) is 8.48. The summed E-state index contributed by atoms with van der Waals surface area (Å²) in [7, 11) is 0.688. The molecule has 1 saturated heterocycles. The van der Waals surface area contributed by atoms with E-state index in [1.54, 1.807) is 14.0 Å². The fraction of sp³-hybridized carbons (Fsp3) is 0.692. The molecule has 2 heterocycles. The summed E-state index contributed by atoms with van der Waals surface area (Å²) in [6.07, 6.45) is 2.53. The molecule has 1 fully saturated rings. The molecule has 9 heteroatoms. The Hall–Kier alpha value is -1.45. The van der Waals surface area contributed by atoms with Crippen LogP contribution in [0.3, 0.4) is 0 Å². The molecule has 0 saturated carbocycles. The normalized spacial score (nSPS) is 22.9. The summed E-state index contributed by atoms with van der Waals surface area (Å²) in [5.74, 6) is -0.352. The van der Waals surface area contributed by atoms with Crippen LogP contribution in [0.25, 0.3) is 0 Å². The van der Waals surface area contributed by atoms with Crippen molar-refractivity contribution in [2.75, 3.05) is 27.3 Å². The second kappa shape index (κ2) is 5.98. The average Bonchev–Trinajstić information content (AvgIpc) is 3.03. The van der Waals surface area contributed by atoms with E-state index >= 15 is 0 Å². The molecule has 0 radical (unpaired) electrons. The molecule has 1 amide bonds. The smallest absolute Gasteiger partial charge is 0.261 e. The number of nitrogens with one attached hydrogen (secondary N) is 1. The number of aromatic nitrogens is 2. The molecule has 1 N–H and O–H groups in total. The molecule has 124 valence electrons. The average molecular weight is 330 g/mol. The Morgan fingerprint density at radius 1 is 1.55 bits per heavy atom. The standard InChI is InChI=1S/C13H22N4O4S/c1-10-8-15-16(3)11(10)22(19,20)17-7-5-6-13(17,9-21-4)12(18)14-2/h8H,5-7,9H2,1-4H3,(H,14,18). The Morgan fingerprint density at radius 3 is 2.73 bits per heavy atom. The van der Waals surface area contributed by atoms with Crippen molar-refractivity contribution >= 4 is 15.9 Å². The van der Waals surface area contributed by atoms with Gasteiger partial charge in [0.05, 0.1) is 12.8 Å². The number of ether oxygens (including phenoxy) is 1. The topological polar surface area (TPSA) is 93.5 Å². The Labute approximate surface area is 130 Å². The summed E-state index contributed by atoms with van der Waals surface area (Å²) in [5, 5.41) is 6.66. The van der Waals surface area contributed by atoms with Crippen LogP contribution in [-0.4, -0.2) is 61.3 Å². The number of likely N-dealkylation sites (N-methyl/N-ethyl adjacent to an activating group) is 1. The summed E-state index contributed by atoms with van der Waals surface area (Å²) in [4.78, 5) is 12.4. The first-order valence-electron chi connectivity index (χ1n) is 7.04. The number of carbonyl (C=O) groups is 1. The van der Waals surface area contributed by atoms with Crippen LogP contribution in [0.5, 0.6) is 0 Å². The molecule has 22 heavy (non-hydrogen) atoms. The van der Waals surface area contributed by atoms with Crippen molar-refractivity contribution in [2.45, 2.75) is 30.3 Å². The molecular weight excluding hydrogens is 308 g/mol. The molecule has 0 aromatic carbocycles. The van der Waals surface area contributed by atoms with Crippen molar-refractivity contribution in [2.24, 2.45) is 7.05 Å². The van der Waals surface area contributed by atoms with Gasteiger partial charge in [0.25, 0.3) is 10.0 Å². The van der Waals surface area contributed by atoms with Crippen molar-refractivity contribution in [3.05, 3.63) is 11.8 Å². The molecule has 0 bridgehead atoms. The van der Waals surface area contributed by atoms with E-state index < -0.39 is 15.6 Å². The van der Waals surface area contributed by atoms with Crippen molar-refractivity contribution in [3.8, 4) is 0 Å². The predicted molar refractivity (Wildman–Crippen MR) is 79.7 cm³/mol.